The number of benzene rings is 1. The summed E-state index contributed by atoms with van der Waals surface area (Å²) in [7, 11) is 2.23. The molecule has 6 nitrogen and oxygen atoms in total. The summed E-state index contributed by atoms with van der Waals surface area (Å²) in [6, 6.07) is 10.9. The maximum Gasteiger partial charge on any atom is 0.101 e. The van der Waals surface area contributed by atoms with Crippen LogP contribution in [0.3, 0.4) is 0 Å². The lowest BCUT2D eigenvalue weighted by Gasteiger charge is -2.43. The molecule has 154 valence electrons. The summed E-state index contributed by atoms with van der Waals surface area (Å²) in [5.41, 5.74) is 2.57. The van der Waals surface area contributed by atoms with Crippen LogP contribution in [-0.4, -0.2) is 79.3 Å². The van der Waals surface area contributed by atoms with Gasteiger partial charge in [0.25, 0.3) is 0 Å². The summed E-state index contributed by atoms with van der Waals surface area (Å²) in [4.78, 5) is 11.9. The molecule has 0 radical (unpaired) electrons. The molecule has 3 atom stereocenters. The number of pyridine rings is 1. The molecule has 2 aliphatic heterocycles. The number of rotatable bonds is 4. The third-order valence-corrected chi connectivity index (χ3v) is 6.33. The summed E-state index contributed by atoms with van der Waals surface area (Å²) >= 11 is 0. The largest absolute Gasteiger partial charge is 0.370 e. The van der Waals surface area contributed by atoms with Gasteiger partial charge < -0.3 is 14.5 Å². The number of fused-ring (bicyclic) bond motifs is 1. The van der Waals surface area contributed by atoms with Crippen molar-refractivity contribution in [1.82, 2.24) is 14.8 Å². The van der Waals surface area contributed by atoms with E-state index in [-0.39, 0.29) is 12.2 Å². The van der Waals surface area contributed by atoms with E-state index in [0.717, 1.165) is 55.9 Å². The van der Waals surface area contributed by atoms with Gasteiger partial charge in [0, 0.05) is 62.6 Å². The van der Waals surface area contributed by atoms with Crippen LogP contribution in [0, 0.1) is 11.3 Å². The molecule has 2 saturated heterocycles. The van der Waals surface area contributed by atoms with E-state index in [1.54, 1.807) is 6.20 Å². The second-order valence-corrected chi connectivity index (χ2v) is 8.42. The van der Waals surface area contributed by atoms with Crippen molar-refractivity contribution < 1.29 is 4.74 Å². The Hall–Kier alpha value is -2.20. The molecule has 3 heterocycles. The molecule has 4 rings (SSSR count). The highest BCUT2D eigenvalue weighted by atomic mass is 16.5. The van der Waals surface area contributed by atoms with E-state index < -0.39 is 0 Å². The van der Waals surface area contributed by atoms with Gasteiger partial charge in [0.05, 0.1) is 23.3 Å². The highest BCUT2D eigenvalue weighted by Gasteiger charge is 2.30. The van der Waals surface area contributed by atoms with Gasteiger partial charge in [-0.1, -0.05) is 6.92 Å². The summed E-state index contributed by atoms with van der Waals surface area (Å²) < 4.78 is 6.33. The van der Waals surface area contributed by atoms with E-state index in [9.17, 15) is 5.26 Å². The van der Waals surface area contributed by atoms with Gasteiger partial charge in [-0.2, -0.15) is 5.26 Å². The normalized spacial score (nSPS) is 26.6. The average Bonchev–Trinajstić information content (AvgIpc) is 2.74. The van der Waals surface area contributed by atoms with Crippen LogP contribution >= 0.6 is 0 Å². The molecule has 0 bridgehead atoms. The average molecular weight is 394 g/mol. The zero-order chi connectivity index (χ0) is 20.4. The standard InChI is InChI=1S/C23H31N5O/c1-4-19-14-27(11-10-26(19)3)15-20-16-28(13-17(2)29-20)22-8-7-18(12-24)23-21(22)6-5-9-25-23/h5-9,17,19-20H,4,10-11,13-16H2,1-3H3/t17-,19?,20+/m1/s1. The van der Waals surface area contributed by atoms with Gasteiger partial charge in [0.1, 0.15) is 6.07 Å². The number of nitrogens with zero attached hydrogens (tertiary/aromatic N) is 5. The van der Waals surface area contributed by atoms with Crippen LogP contribution in [0.1, 0.15) is 25.8 Å². The first kappa shape index (κ1) is 20.1. The maximum atomic E-state index is 9.43. The Morgan fingerprint density at radius 1 is 1.21 bits per heavy atom. The minimum Gasteiger partial charge on any atom is -0.370 e. The van der Waals surface area contributed by atoms with Crippen LogP contribution in [0.4, 0.5) is 5.69 Å². The van der Waals surface area contributed by atoms with E-state index >= 15 is 0 Å². The summed E-state index contributed by atoms with van der Waals surface area (Å²) in [5.74, 6) is 0. The number of hydrogen-bond acceptors (Lipinski definition) is 6. The van der Waals surface area contributed by atoms with Gasteiger partial charge in [-0.15, -0.1) is 0 Å². The fraction of sp³-hybridized carbons (Fsp3) is 0.565. The summed E-state index contributed by atoms with van der Waals surface area (Å²) in [6.45, 7) is 10.5. The number of likely N-dealkylation sites (N-methyl/N-ethyl adjacent to an activating group) is 1. The first-order valence-corrected chi connectivity index (χ1v) is 10.7. The molecule has 1 unspecified atom stereocenters. The van der Waals surface area contributed by atoms with Crippen molar-refractivity contribution >= 4 is 16.6 Å². The summed E-state index contributed by atoms with van der Waals surface area (Å²) in [5, 5.41) is 10.5. The first-order valence-electron chi connectivity index (χ1n) is 10.7. The Morgan fingerprint density at radius 3 is 2.86 bits per heavy atom. The van der Waals surface area contributed by atoms with Crippen molar-refractivity contribution in [2.24, 2.45) is 0 Å². The first-order chi connectivity index (χ1) is 14.1. The molecule has 0 spiro atoms. The number of nitriles is 1. The molecule has 1 aromatic carbocycles. The lowest BCUT2D eigenvalue weighted by atomic mass is 10.1. The second-order valence-electron chi connectivity index (χ2n) is 8.42. The predicted molar refractivity (Wildman–Crippen MR) is 116 cm³/mol. The van der Waals surface area contributed by atoms with Crippen LogP contribution in [0.15, 0.2) is 30.5 Å². The zero-order valence-corrected chi connectivity index (χ0v) is 17.7. The molecule has 2 aromatic rings. The minimum absolute atomic E-state index is 0.172. The number of anilines is 1. The van der Waals surface area contributed by atoms with Crippen molar-refractivity contribution in [3.8, 4) is 6.07 Å². The number of morpholine rings is 1. The van der Waals surface area contributed by atoms with Crippen LogP contribution in [0.2, 0.25) is 0 Å². The molecule has 6 heteroatoms. The van der Waals surface area contributed by atoms with E-state index in [2.05, 4.69) is 58.8 Å². The smallest absolute Gasteiger partial charge is 0.101 e. The van der Waals surface area contributed by atoms with Crippen LogP contribution < -0.4 is 4.90 Å². The number of aromatic nitrogens is 1. The lowest BCUT2D eigenvalue weighted by molar-refractivity contribution is -0.0417. The van der Waals surface area contributed by atoms with E-state index in [4.69, 9.17) is 4.74 Å². The van der Waals surface area contributed by atoms with Crippen molar-refractivity contribution in [1.29, 1.82) is 5.26 Å². The molecule has 2 fully saturated rings. The fourth-order valence-electron chi connectivity index (χ4n) is 4.77. The van der Waals surface area contributed by atoms with E-state index in [0.29, 0.717) is 11.6 Å². The van der Waals surface area contributed by atoms with E-state index in [1.165, 1.54) is 6.42 Å². The molecule has 0 saturated carbocycles. The van der Waals surface area contributed by atoms with Gasteiger partial charge in [-0.05, 0) is 44.7 Å². The van der Waals surface area contributed by atoms with Gasteiger partial charge in [0.15, 0.2) is 0 Å². The molecular formula is C23H31N5O. The van der Waals surface area contributed by atoms with E-state index in [1.807, 2.05) is 12.1 Å². The molecule has 0 N–H and O–H groups in total. The Bertz CT molecular complexity index is 894. The van der Waals surface area contributed by atoms with Crippen molar-refractivity contribution in [2.45, 2.75) is 38.5 Å². The Morgan fingerprint density at radius 2 is 2.07 bits per heavy atom. The summed E-state index contributed by atoms with van der Waals surface area (Å²) in [6.07, 6.45) is 3.30. The highest BCUT2D eigenvalue weighted by Crippen LogP contribution is 2.30. The second kappa shape index (κ2) is 8.66. The van der Waals surface area contributed by atoms with Crippen molar-refractivity contribution in [3.63, 3.8) is 0 Å². The maximum absolute atomic E-state index is 9.43. The van der Waals surface area contributed by atoms with Crippen molar-refractivity contribution in [3.05, 3.63) is 36.0 Å². The molecule has 29 heavy (non-hydrogen) atoms. The number of piperazine rings is 1. The van der Waals surface area contributed by atoms with Crippen molar-refractivity contribution in [2.75, 3.05) is 51.2 Å². The Labute approximate surface area is 173 Å². The Kier molecular flexibility index (Phi) is 6.00. The molecule has 1 aromatic heterocycles. The zero-order valence-electron chi connectivity index (χ0n) is 17.7. The van der Waals surface area contributed by atoms with Crippen LogP contribution in [0.25, 0.3) is 10.9 Å². The molecular weight excluding hydrogens is 362 g/mol. The number of ether oxygens (including phenoxy) is 1. The molecule has 0 amide bonds. The minimum atomic E-state index is 0.172. The quantitative estimate of drug-likeness (QED) is 0.796. The number of hydrogen-bond donors (Lipinski definition) is 0. The predicted octanol–water partition coefficient (Wildman–Crippen LogP) is 2.73. The van der Waals surface area contributed by atoms with Gasteiger partial charge in [-0.25, -0.2) is 0 Å². The lowest BCUT2D eigenvalue weighted by Crippen LogP contribution is -2.56. The molecule has 0 aliphatic carbocycles. The van der Waals surface area contributed by atoms with Crippen LogP contribution in [-0.2, 0) is 4.74 Å². The SMILES string of the molecule is CCC1CN(C[C@H]2CN(c3ccc(C#N)c4ncccc34)C[C@@H](C)O2)CCN1C. The highest BCUT2D eigenvalue weighted by molar-refractivity contribution is 5.95. The fourth-order valence-corrected chi connectivity index (χ4v) is 4.77. The van der Waals surface area contributed by atoms with Gasteiger partial charge >= 0.3 is 0 Å². The monoisotopic (exact) mass is 393 g/mol. The topological polar surface area (TPSA) is 55.6 Å². The third-order valence-electron chi connectivity index (χ3n) is 6.33. The Balaban J connectivity index is 1.53. The third kappa shape index (κ3) is 4.23. The van der Waals surface area contributed by atoms with Crippen LogP contribution in [0.5, 0.6) is 0 Å². The molecule has 2 aliphatic rings. The van der Waals surface area contributed by atoms with Gasteiger partial charge in [-0.3, -0.25) is 9.88 Å². The van der Waals surface area contributed by atoms with Gasteiger partial charge in [0.2, 0.25) is 0 Å².